The lowest BCUT2D eigenvalue weighted by atomic mass is 10.0. The summed E-state index contributed by atoms with van der Waals surface area (Å²) in [7, 11) is 0. The smallest absolute Gasteiger partial charge is 0.262 e. The van der Waals surface area contributed by atoms with Crippen molar-refractivity contribution in [1.82, 2.24) is 10.2 Å². The van der Waals surface area contributed by atoms with Gasteiger partial charge in [0, 0.05) is 28.4 Å². The molecule has 0 fully saturated rings. The van der Waals surface area contributed by atoms with Crippen LogP contribution in [0, 0.1) is 0 Å². The molecule has 3 aromatic rings. The Morgan fingerprint density at radius 1 is 0.971 bits per heavy atom. The normalized spacial score (nSPS) is 16.8. The van der Waals surface area contributed by atoms with Crippen molar-refractivity contribution in [2.45, 2.75) is 6.04 Å². The average Bonchev–Trinajstić information content (AvgIpc) is 2.99. The molecule has 0 bridgehead atoms. The third-order valence-electron chi connectivity index (χ3n) is 5.84. The minimum absolute atomic E-state index is 0.188. The predicted octanol–water partition coefficient (Wildman–Crippen LogP) is 3.38. The van der Waals surface area contributed by atoms with Crippen molar-refractivity contribution in [1.29, 1.82) is 0 Å². The van der Waals surface area contributed by atoms with Crippen molar-refractivity contribution in [3.8, 4) is 0 Å². The van der Waals surface area contributed by atoms with Gasteiger partial charge in [-0.1, -0.05) is 54.1 Å². The van der Waals surface area contributed by atoms with Crippen molar-refractivity contribution in [3.63, 3.8) is 0 Å². The number of halogens is 1. The van der Waals surface area contributed by atoms with Gasteiger partial charge in [-0.2, -0.15) is 0 Å². The van der Waals surface area contributed by atoms with Crippen molar-refractivity contribution >= 4 is 40.7 Å². The summed E-state index contributed by atoms with van der Waals surface area (Å²) in [4.78, 5) is 43.4. The van der Waals surface area contributed by atoms with E-state index in [0.717, 1.165) is 27.4 Å². The summed E-state index contributed by atoms with van der Waals surface area (Å²) >= 11 is 6.26. The number of nitrogens with one attached hydrogen (secondary N) is 2. The van der Waals surface area contributed by atoms with Gasteiger partial charge >= 0.3 is 0 Å². The Morgan fingerprint density at radius 3 is 2.35 bits per heavy atom. The molecule has 170 valence electrons. The van der Waals surface area contributed by atoms with E-state index in [1.807, 2.05) is 42.5 Å². The van der Waals surface area contributed by atoms with Crippen molar-refractivity contribution < 1.29 is 14.4 Å². The lowest BCUT2D eigenvalue weighted by Gasteiger charge is -2.19. The molecule has 2 N–H and O–H groups in total. The number of carbonyl (C=O) groups excluding carboxylic acids is 3. The van der Waals surface area contributed by atoms with E-state index in [1.54, 1.807) is 30.3 Å². The number of carbonyl (C=O) groups is 3. The number of benzene rings is 3. The first-order valence-corrected chi connectivity index (χ1v) is 11.3. The second-order valence-corrected chi connectivity index (χ2v) is 8.57. The van der Waals surface area contributed by atoms with E-state index < -0.39 is 17.7 Å². The molecule has 3 amide bonds. The first kappa shape index (κ1) is 21.9. The van der Waals surface area contributed by atoms with Crippen LogP contribution in [-0.4, -0.2) is 54.0 Å². The summed E-state index contributed by atoms with van der Waals surface area (Å²) in [5, 5.41) is 6.87. The Morgan fingerprint density at radius 2 is 1.65 bits per heavy atom. The number of hydrogen-bond acceptors (Lipinski definition) is 5. The fourth-order valence-electron chi connectivity index (χ4n) is 4.17. The SMILES string of the molecule is O=C(CN1C(=O)c2ccccc2C1=O)NCC1CN=C(c2ccccc2)c2cc(Cl)ccc2N1. The fraction of sp³-hybridized carbons (Fsp3) is 0.154. The zero-order valence-corrected chi connectivity index (χ0v) is 18.9. The molecule has 2 heterocycles. The van der Waals surface area contributed by atoms with Crippen LogP contribution in [0.25, 0.3) is 0 Å². The molecule has 7 nitrogen and oxygen atoms in total. The van der Waals surface area contributed by atoms with Crippen LogP contribution in [0.2, 0.25) is 5.02 Å². The number of nitrogens with zero attached hydrogens (tertiary/aromatic N) is 2. The first-order valence-electron chi connectivity index (χ1n) is 10.9. The molecule has 0 saturated carbocycles. The summed E-state index contributed by atoms with van der Waals surface area (Å²) in [5.74, 6) is -1.32. The number of imide groups is 1. The first-order chi connectivity index (χ1) is 16.5. The summed E-state index contributed by atoms with van der Waals surface area (Å²) in [6, 6.07) is 21.8. The lowest BCUT2D eigenvalue weighted by Crippen LogP contribution is -2.44. The van der Waals surface area contributed by atoms with Gasteiger partial charge in [-0.05, 0) is 30.3 Å². The molecule has 8 heteroatoms. The van der Waals surface area contributed by atoms with Crippen molar-refractivity contribution in [2.75, 3.05) is 25.0 Å². The van der Waals surface area contributed by atoms with Crippen LogP contribution in [0.4, 0.5) is 5.69 Å². The van der Waals surface area contributed by atoms with Crippen LogP contribution in [0.3, 0.4) is 0 Å². The molecule has 0 aromatic heterocycles. The van der Waals surface area contributed by atoms with Crippen LogP contribution in [0.1, 0.15) is 31.8 Å². The van der Waals surface area contributed by atoms with E-state index >= 15 is 0 Å². The minimum atomic E-state index is -0.453. The molecule has 0 aliphatic carbocycles. The number of amides is 3. The molecule has 0 spiro atoms. The number of fused-ring (bicyclic) bond motifs is 2. The number of rotatable bonds is 5. The van der Waals surface area contributed by atoms with Crippen molar-refractivity contribution in [3.05, 3.63) is 100 Å². The zero-order valence-electron chi connectivity index (χ0n) is 18.1. The molecular weight excluding hydrogens is 452 g/mol. The summed E-state index contributed by atoms with van der Waals surface area (Å²) in [6.07, 6.45) is 0. The second kappa shape index (κ2) is 9.11. The Labute approximate surface area is 201 Å². The standard InChI is InChI=1S/C26H21ClN4O3/c27-17-10-11-22-21(12-17)24(16-6-2-1-3-7-16)29-14-18(30-22)13-28-23(32)15-31-25(33)19-8-4-5-9-20(19)26(31)34/h1-12,18,30H,13-15H2,(H,28,32). The van der Waals surface area contributed by atoms with E-state index in [2.05, 4.69) is 10.6 Å². The number of aliphatic imine (C=N–C) groups is 1. The topological polar surface area (TPSA) is 90.9 Å². The second-order valence-electron chi connectivity index (χ2n) is 8.13. The highest BCUT2D eigenvalue weighted by atomic mass is 35.5. The van der Waals surface area contributed by atoms with Gasteiger partial charge in [0.1, 0.15) is 6.54 Å². The van der Waals surface area contributed by atoms with Crippen molar-refractivity contribution in [2.24, 2.45) is 4.99 Å². The monoisotopic (exact) mass is 472 g/mol. The molecule has 1 unspecified atom stereocenters. The Hall–Kier alpha value is -3.97. The van der Waals surface area contributed by atoms with Crippen LogP contribution in [0.5, 0.6) is 0 Å². The van der Waals surface area contributed by atoms with Crippen LogP contribution in [-0.2, 0) is 4.79 Å². The van der Waals surface area contributed by atoms with Gasteiger partial charge in [0.25, 0.3) is 11.8 Å². The lowest BCUT2D eigenvalue weighted by molar-refractivity contribution is -0.121. The van der Waals surface area contributed by atoms with Crippen LogP contribution >= 0.6 is 11.6 Å². The molecule has 0 saturated heterocycles. The van der Waals surface area contributed by atoms with E-state index in [4.69, 9.17) is 16.6 Å². The Bertz CT molecular complexity index is 1290. The van der Waals surface area contributed by atoms with Gasteiger partial charge < -0.3 is 10.6 Å². The molecule has 1 atom stereocenters. The Kier molecular flexibility index (Phi) is 5.86. The predicted molar refractivity (Wildman–Crippen MR) is 131 cm³/mol. The summed E-state index contributed by atoms with van der Waals surface area (Å²) in [6.45, 7) is 0.364. The van der Waals surface area contributed by atoms with Crippen LogP contribution in [0.15, 0.2) is 77.8 Å². The fourth-order valence-corrected chi connectivity index (χ4v) is 4.34. The highest BCUT2D eigenvalue weighted by Gasteiger charge is 2.36. The molecule has 5 rings (SSSR count). The zero-order chi connectivity index (χ0) is 23.7. The average molecular weight is 473 g/mol. The third kappa shape index (κ3) is 4.18. The maximum absolute atomic E-state index is 12.6. The Balaban J connectivity index is 1.28. The highest BCUT2D eigenvalue weighted by Crippen LogP contribution is 2.27. The molecule has 3 aromatic carbocycles. The number of benzodiazepines with no additional fused rings is 1. The molecule has 34 heavy (non-hydrogen) atoms. The van der Waals surface area contributed by atoms with E-state index in [1.165, 1.54) is 0 Å². The summed E-state index contributed by atoms with van der Waals surface area (Å²) < 4.78 is 0. The molecule has 0 radical (unpaired) electrons. The van der Waals surface area contributed by atoms with Gasteiger partial charge in [0.2, 0.25) is 5.91 Å². The quantitative estimate of drug-likeness (QED) is 0.557. The minimum Gasteiger partial charge on any atom is -0.378 e. The third-order valence-corrected chi connectivity index (χ3v) is 6.07. The van der Waals surface area contributed by atoms with Gasteiger partial charge in [0.15, 0.2) is 0 Å². The largest absolute Gasteiger partial charge is 0.378 e. The van der Waals surface area contributed by atoms with E-state index in [9.17, 15) is 14.4 Å². The van der Waals surface area contributed by atoms with E-state index in [0.29, 0.717) is 22.7 Å². The van der Waals surface area contributed by atoms with Gasteiger partial charge in [0.05, 0.1) is 29.4 Å². The maximum Gasteiger partial charge on any atom is 0.262 e. The highest BCUT2D eigenvalue weighted by molar-refractivity contribution is 6.31. The van der Waals surface area contributed by atoms with Gasteiger partial charge in [-0.3, -0.25) is 24.3 Å². The molecule has 2 aliphatic heterocycles. The maximum atomic E-state index is 12.6. The molecule has 2 aliphatic rings. The van der Waals surface area contributed by atoms with Gasteiger partial charge in [-0.15, -0.1) is 0 Å². The molecular formula is C26H21ClN4O3. The summed E-state index contributed by atoms with van der Waals surface area (Å²) in [5.41, 5.74) is 4.20. The van der Waals surface area contributed by atoms with Gasteiger partial charge in [-0.25, -0.2) is 0 Å². The number of anilines is 1. The number of hydrogen-bond donors (Lipinski definition) is 2. The van der Waals surface area contributed by atoms with E-state index in [-0.39, 0.29) is 19.1 Å². The van der Waals surface area contributed by atoms with Crippen LogP contribution < -0.4 is 10.6 Å².